The standard InChI is InChI=1S/C14H16F3N3O3S/c1-19-13-9(11(18-19)14(15,16)17)4-10(24-13)12(22)20-2-3-23-7-8(5-20)6-21/h4,8,21H,2-3,5-7H2,1H3. The normalized spacial score (nSPS) is 19.7. The van der Waals surface area contributed by atoms with Gasteiger partial charge in [0.2, 0.25) is 0 Å². The maximum absolute atomic E-state index is 13.0. The summed E-state index contributed by atoms with van der Waals surface area (Å²) >= 11 is 0.984. The number of aliphatic hydroxyl groups is 1. The van der Waals surface area contributed by atoms with Crippen molar-refractivity contribution < 1.29 is 27.8 Å². The second kappa shape index (κ2) is 6.34. The average molecular weight is 363 g/mol. The predicted octanol–water partition coefficient (Wildman–Crippen LogP) is 1.73. The lowest BCUT2D eigenvalue weighted by Gasteiger charge is -2.21. The topological polar surface area (TPSA) is 67.6 Å². The Hall–Kier alpha value is -1.65. The van der Waals surface area contributed by atoms with Crippen molar-refractivity contribution in [2.24, 2.45) is 13.0 Å². The molecule has 10 heteroatoms. The molecule has 1 aliphatic heterocycles. The number of alkyl halides is 3. The van der Waals surface area contributed by atoms with Crippen LogP contribution in [0.1, 0.15) is 15.4 Å². The van der Waals surface area contributed by atoms with Gasteiger partial charge in [0.15, 0.2) is 5.69 Å². The minimum absolute atomic E-state index is 0.0665. The van der Waals surface area contributed by atoms with Gasteiger partial charge in [-0.2, -0.15) is 18.3 Å². The van der Waals surface area contributed by atoms with Crippen LogP contribution in [0, 0.1) is 5.92 Å². The van der Waals surface area contributed by atoms with E-state index in [1.807, 2.05) is 0 Å². The van der Waals surface area contributed by atoms with E-state index in [9.17, 15) is 23.1 Å². The molecule has 0 bridgehead atoms. The second-order valence-electron chi connectivity index (χ2n) is 5.67. The quantitative estimate of drug-likeness (QED) is 0.883. The zero-order chi connectivity index (χ0) is 17.5. The van der Waals surface area contributed by atoms with Crippen molar-refractivity contribution in [1.29, 1.82) is 0 Å². The van der Waals surface area contributed by atoms with Gasteiger partial charge < -0.3 is 14.7 Å². The van der Waals surface area contributed by atoms with Crippen molar-refractivity contribution >= 4 is 27.5 Å². The first-order chi connectivity index (χ1) is 11.3. The molecule has 1 amide bonds. The Morgan fingerprint density at radius 1 is 1.54 bits per heavy atom. The van der Waals surface area contributed by atoms with E-state index in [1.54, 1.807) is 0 Å². The lowest BCUT2D eigenvalue weighted by Crippen LogP contribution is -2.36. The summed E-state index contributed by atoms with van der Waals surface area (Å²) in [6, 6.07) is 1.25. The summed E-state index contributed by atoms with van der Waals surface area (Å²) in [6.45, 7) is 1.23. The van der Waals surface area contributed by atoms with E-state index in [0.717, 1.165) is 16.0 Å². The number of hydrogen-bond donors (Lipinski definition) is 1. The summed E-state index contributed by atoms with van der Waals surface area (Å²) in [5, 5.41) is 12.7. The maximum Gasteiger partial charge on any atom is 0.435 e. The Morgan fingerprint density at radius 3 is 2.96 bits per heavy atom. The first-order valence-corrected chi connectivity index (χ1v) is 8.14. The number of nitrogens with zero attached hydrogens (tertiary/aromatic N) is 3. The average Bonchev–Trinajstić information content (AvgIpc) is 2.98. The fourth-order valence-electron chi connectivity index (χ4n) is 2.69. The Morgan fingerprint density at radius 2 is 2.29 bits per heavy atom. The number of fused-ring (bicyclic) bond motifs is 1. The summed E-state index contributed by atoms with van der Waals surface area (Å²) in [6.07, 6.45) is -4.57. The van der Waals surface area contributed by atoms with Gasteiger partial charge in [0.25, 0.3) is 5.91 Å². The molecule has 1 atom stereocenters. The number of amides is 1. The van der Waals surface area contributed by atoms with Crippen molar-refractivity contribution in [3.05, 3.63) is 16.6 Å². The predicted molar refractivity (Wildman–Crippen MR) is 80.9 cm³/mol. The van der Waals surface area contributed by atoms with Gasteiger partial charge in [-0.25, -0.2) is 0 Å². The minimum Gasteiger partial charge on any atom is -0.396 e. The Labute approximate surface area is 139 Å². The Kier molecular flexibility index (Phi) is 4.54. The lowest BCUT2D eigenvalue weighted by atomic mass is 10.1. The van der Waals surface area contributed by atoms with Crippen LogP contribution in [0.5, 0.6) is 0 Å². The molecule has 2 aromatic heterocycles. The van der Waals surface area contributed by atoms with Crippen molar-refractivity contribution in [3.8, 4) is 0 Å². The van der Waals surface area contributed by atoms with Gasteiger partial charge in [-0.3, -0.25) is 9.48 Å². The number of aromatic nitrogens is 2. The van der Waals surface area contributed by atoms with Crippen LogP contribution in [0.25, 0.3) is 10.2 Å². The number of hydrogen-bond acceptors (Lipinski definition) is 5. The van der Waals surface area contributed by atoms with Crippen LogP contribution in [0.15, 0.2) is 6.07 Å². The molecule has 1 N–H and O–H groups in total. The lowest BCUT2D eigenvalue weighted by molar-refractivity contribution is -0.140. The van der Waals surface area contributed by atoms with Gasteiger partial charge in [0, 0.05) is 38.0 Å². The number of carbonyl (C=O) groups excluding carboxylic acids is 1. The number of carbonyl (C=O) groups is 1. The van der Waals surface area contributed by atoms with Gasteiger partial charge in [0.05, 0.1) is 18.1 Å². The molecule has 1 saturated heterocycles. The highest BCUT2D eigenvalue weighted by Crippen LogP contribution is 2.37. The molecule has 0 aliphatic carbocycles. The van der Waals surface area contributed by atoms with E-state index in [4.69, 9.17) is 4.74 Å². The van der Waals surface area contributed by atoms with Crippen molar-refractivity contribution in [2.45, 2.75) is 6.18 Å². The van der Waals surface area contributed by atoms with E-state index < -0.39 is 11.9 Å². The van der Waals surface area contributed by atoms with E-state index >= 15 is 0 Å². The number of thiophene rings is 1. The molecule has 3 rings (SSSR count). The fraction of sp³-hybridized carbons (Fsp3) is 0.571. The molecule has 0 spiro atoms. The molecule has 24 heavy (non-hydrogen) atoms. The molecule has 0 radical (unpaired) electrons. The third-order valence-corrected chi connectivity index (χ3v) is 5.06. The Bertz CT molecular complexity index is 756. The number of halogens is 3. The summed E-state index contributed by atoms with van der Waals surface area (Å²) in [4.78, 5) is 14.7. The van der Waals surface area contributed by atoms with Crippen LogP contribution >= 0.6 is 11.3 Å². The second-order valence-corrected chi connectivity index (χ2v) is 6.70. The van der Waals surface area contributed by atoms with Gasteiger partial charge in [-0.05, 0) is 6.07 Å². The summed E-state index contributed by atoms with van der Waals surface area (Å²) in [7, 11) is 1.42. The molecule has 6 nitrogen and oxygen atoms in total. The molecule has 132 valence electrons. The van der Waals surface area contributed by atoms with Crippen LogP contribution in [0.3, 0.4) is 0 Å². The van der Waals surface area contributed by atoms with E-state index in [-0.39, 0.29) is 28.7 Å². The van der Waals surface area contributed by atoms with Crippen molar-refractivity contribution in [1.82, 2.24) is 14.7 Å². The Balaban J connectivity index is 1.93. The minimum atomic E-state index is -4.57. The van der Waals surface area contributed by atoms with Gasteiger partial charge in [-0.15, -0.1) is 11.3 Å². The zero-order valence-corrected chi connectivity index (χ0v) is 13.7. The highest BCUT2D eigenvalue weighted by Gasteiger charge is 2.38. The smallest absolute Gasteiger partial charge is 0.396 e. The van der Waals surface area contributed by atoms with Crippen molar-refractivity contribution in [3.63, 3.8) is 0 Å². The van der Waals surface area contributed by atoms with Crippen LogP contribution < -0.4 is 0 Å². The van der Waals surface area contributed by atoms with Crippen LogP contribution in [-0.4, -0.2) is 58.6 Å². The molecule has 2 aromatic rings. The number of aryl methyl sites for hydroxylation is 1. The molecule has 0 saturated carbocycles. The summed E-state index contributed by atoms with van der Waals surface area (Å²) < 4.78 is 45.6. The largest absolute Gasteiger partial charge is 0.435 e. The van der Waals surface area contributed by atoms with E-state index in [1.165, 1.54) is 18.0 Å². The third-order valence-electron chi connectivity index (χ3n) is 3.87. The fourth-order valence-corrected chi connectivity index (χ4v) is 3.73. The number of rotatable bonds is 2. The highest BCUT2D eigenvalue weighted by atomic mass is 32.1. The number of aliphatic hydroxyl groups excluding tert-OH is 1. The molecule has 1 fully saturated rings. The molecular weight excluding hydrogens is 347 g/mol. The van der Waals surface area contributed by atoms with Crippen LogP contribution in [0.4, 0.5) is 13.2 Å². The third kappa shape index (κ3) is 3.13. The first-order valence-electron chi connectivity index (χ1n) is 7.33. The van der Waals surface area contributed by atoms with Crippen LogP contribution in [0.2, 0.25) is 0 Å². The summed E-state index contributed by atoms with van der Waals surface area (Å²) in [5.41, 5.74) is -0.984. The number of ether oxygens (including phenoxy) is 1. The van der Waals surface area contributed by atoms with Gasteiger partial charge in [-0.1, -0.05) is 0 Å². The van der Waals surface area contributed by atoms with Crippen LogP contribution in [-0.2, 0) is 18.0 Å². The molecule has 1 aliphatic rings. The van der Waals surface area contributed by atoms with Gasteiger partial charge >= 0.3 is 6.18 Å². The highest BCUT2D eigenvalue weighted by molar-refractivity contribution is 7.20. The molecule has 0 aromatic carbocycles. The maximum atomic E-state index is 13.0. The summed E-state index contributed by atoms with van der Waals surface area (Å²) in [5.74, 6) is -0.550. The molecule has 1 unspecified atom stereocenters. The van der Waals surface area contributed by atoms with E-state index in [2.05, 4.69) is 5.10 Å². The SMILES string of the molecule is Cn1nc(C(F)(F)F)c2cc(C(=O)N3CCOCC(CO)C3)sc21. The first kappa shape index (κ1) is 17.2. The van der Waals surface area contributed by atoms with Gasteiger partial charge in [0.1, 0.15) is 4.83 Å². The zero-order valence-electron chi connectivity index (χ0n) is 12.8. The van der Waals surface area contributed by atoms with E-state index in [0.29, 0.717) is 31.1 Å². The molecular formula is C14H16F3N3O3S. The monoisotopic (exact) mass is 363 g/mol. The molecule has 3 heterocycles. The van der Waals surface area contributed by atoms with Crippen molar-refractivity contribution in [2.75, 3.05) is 32.9 Å².